The minimum Gasteiger partial charge on any atom is -0.508 e. The van der Waals surface area contributed by atoms with Gasteiger partial charge in [0.25, 0.3) is 0 Å². The molecule has 0 fully saturated rings. The van der Waals surface area contributed by atoms with Gasteiger partial charge in [-0.05, 0) is 19.1 Å². The first-order valence-corrected chi connectivity index (χ1v) is 5.43. The number of aryl methyl sites for hydroxylation is 1. The van der Waals surface area contributed by atoms with Crippen molar-refractivity contribution in [2.24, 2.45) is 0 Å². The summed E-state index contributed by atoms with van der Waals surface area (Å²) in [6.07, 6.45) is 1.76. The van der Waals surface area contributed by atoms with Crippen LogP contribution in [-0.2, 0) is 0 Å². The van der Waals surface area contributed by atoms with E-state index < -0.39 is 0 Å². The van der Waals surface area contributed by atoms with Crippen molar-refractivity contribution in [2.75, 3.05) is 10.9 Å². The number of nitrogens with zero attached hydrogens (tertiary/aromatic N) is 1. The van der Waals surface area contributed by atoms with Gasteiger partial charge in [0.15, 0.2) is 0 Å². The van der Waals surface area contributed by atoms with Crippen molar-refractivity contribution in [2.45, 2.75) is 6.92 Å². The number of aromatic hydroxyl groups is 2. The molecule has 5 nitrogen and oxygen atoms in total. The lowest BCUT2D eigenvalue weighted by Gasteiger charge is -2.08. The Balaban J connectivity index is 2.04. The number of hydrogen-bond acceptors (Lipinski definition) is 6. The summed E-state index contributed by atoms with van der Waals surface area (Å²) >= 11 is 1.50. The average molecular weight is 237 g/mol. The van der Waals surface area contributed by atoms with Gasteiger partial charge in [-0.25, -0.2) is 4.98 Å². The molecule has 84 valence electrons. The molecule has 1 aromatic carbocycles. The van der Waals surface area contributed by atoms with Crippen LogP contribution in [0.2, 0.25) is 0 Å². The molecule has 4 N–H and O–H groups in total. The van der Waals surface area contributed by atoms with E-state index in [9.17, 15) is 5.11 Å². The zero-order valence-corrected chi connectivity index (χ0v) is 9.38. The molecular weight excluding hydrogens is 226 g/mol. The molecule has 2 aromatic rings. The summed E-state index contributed by atoms with van der Waals surface area (Å²) in [5.41, 5.74) is 6.14. The van der Waals surface area contributed by atoms with Crippen LogP contribution in [-0.4, -0.2) is 15.2 Å². The van der Waals surface area contributed by atoms with E-state index >= 15 is 0 Å². The first-order chi connectivity index (χ1) is 7.65. The summed E-state index contributed by atoms with van der Waals surface area (Å²) in [5, 5.41) is 19.3. The number of phenolic OH excluding ortho intramolecular Hbond substituents is 2. The van der Waals surface area contributed by atoms with E-state index in [4.69, 9.17) is 5.11 Å². The van der Waals surface area contributed by atoms with E-state index in [0.29, 0.717) is 10.8 Å². The third kappa shape index (κ3) is 2.34. The van der Waals surface area contributed by atoms with E-state index in [-0.39, 0.29) is 11.5 Å². The zero-order chi connectivity index (χ0) is 11.5. The van der Waals surface area contributed by atoms with E-state index in [2.05, 4.69) is 15.8 Å². The Morgan fingerprint density at radius 3 is 2.69 bits per heavy atom. The number of rotatable bonds is 3. The van der Waals surface area contributed by atoms with Crippen LogP contribution in [0.15, 0.2) is 24.4 Å². The van der Waals surface area contributed by atoms with Crippen LogP contribution in [0.3, 0.4) is 0 Å². The molecule has 0 bridgehead atoms. The Bertz CT molecular complexity index is 499. The molecule has 0 saturated carbocycles. The van der Waals surface area contributed by atoms with Gasteiger partial charge in [0.2, 0.25) is 5.13 Å². The molecule has 0 amide bonds. The van der Waals surface area contributed by atoms with Crippen molar-refractivity contribution < 1.29 is 10.2 Å². The van der Waals surface area contributed by atoms with Crippen LogP contribution >= 0.6 is 11.3 Å². The molecule has 0 unspecified atom stereocenters. The van der Waals surface area contributed by atoms with Crippen LogP contribution < -0.4 is 10.9 Å². The van der Waals surface area contributed by atoms with Gasteiger partial charge in [0.1, 0.15) is 11.5 Å². The van der Waals surface area contributed by atoms with Crippen molar-refractivity contribution in [1.82, 2.24) is 4.98 Å². The van der Waals surface area contributed by atoms with E-state index in [0.717, 1.165) is 4.88 Å². The highest BCUT2D eigenvalue weighted by atomic mass is 32.1. The van der Waals surface area contributed by atoms with E-state index in [1.807, 2.05) is 6.92 Å². The maximum Gasteiger partial charge on any atom is 0.201 e. The van der Waals surface area contributed by atoms with Crippen LogP contribution in [0.4, 0.5) is 10.8 Å². The van der Waals surface area contributed by atoms with Crippen LogP contribution in [0.1, 0.15) is 4.88 Å². The Kier molecular flexibility index (Phi) is 2.82. The lowest BCUT2D eigenvalue weighted by atomic mass is 10.3. The molecule has 0 radical (unpaired) electrons. The molecule has 1 aromatic heterocycles. The lowest BCUT2D eigenvalue weighted by Crippen LogP contribution is -2.08. The van der Waals surface area contributed by atoms with Crippen molar-refractivity contribution in [1.29, 1.82) is 0 Å². The maximum atomic E-state index is 9.50. The largest absolute Gasteiger partial charge is 0.508 e. The molecular formula is C10H11N3O2S. The lowest BCUT2D eigenvalue weighted by molar-refractivity contribution is 0.452. The number of benzene rings is 1. The highest BCUT2D eigenvalue weighted by Gasteiger charge is 2.02. The first kappa shape index (κ1) is 10.6. The minimum absolute atomic E-state index is 0.0214. The van der Waals surface area contributed by atoms with Gasteiger partial charge < -0.3 is 10.2 Å². The fourth-order valence-electron chi connectivity index (χ4n) is 1.16. The SMILES string of the molecule is Cc1cnc(NNc2ccc(O)cc2O)s1. The fraction of sp³-hybridized carbons (Fsp3) is 0.100. The van der Waals surface area contributed by atoms with Gasteiger partial charge in [-0.15, -0.1) is 11.3 Å². The second kappa shape index (κ2) is 4.28. The Morgan fingerprint density at radius 1 is 1.25 bits per heavy atom. The normalized spacial score (nSPS) is 10.1. The molecule has 1 heterocycles. The van der Waals surface area contributed by atoms with Crippen LogP contribution in [0, 0.1) is 6.92 Å². The van der Waals surface area contributed by atoms with Gasteiger partial charge in [-0.3, -0.25) is 10.9 Å². The Hall–Kier alpha value is -1.95. The topological polar surface area (TPSA) is 77.4 Å². The Morgan fingerprint density at radius 2 is 2.06 bits per heavy atom. The fourth-order valence-corrected chi connectivity index (χ4v) is 1.78. The summed E-state index contributed by atoms with van der Waals surface area (Å²) < 4.78 is 0. The number of hydrazine groups is 1. The molecule has 16 heavy (non-hydrogen) atoms. The smallest absolute Gasteiger partial charge is 0.201 e. The van der Waals surface area contributed by atoms with Crippen LogP contribution in [0.5, 0.6) is 11.5 Å². The highest BCUT2D eigenvalue weighted by molar-refractivity contribution is 7.15. The third-order valence-corrected chi connectivity index (χ3v) is 2.73. The molecule has 0 aliphatic rings. The van der Waals surface area contributed by atoms with Gasteiger partial charge in [0, 0.05) is 17.1 Å². The number of aromatic nitrogens is 1. The number of thiazole rings is 1. The molecule has 6 heteroatoms. The average Bonchev–Trinajstić information content (AvgIpc) is 2.63. The van der Waals surface area contributed by atoms with Gasteiger partial charge in [-0.1, -0.05) is 0 Å². The van der Waals surface area contributed by atoms with Crippen LogP contribution in [0.25, 0.3) is 0 Å². The number of nitrogens with one attached hydrogen (secondary N) is 2. The molecule has 0 atom stereocenters. The molecule has 0 spiro atoms. The first-order valence-electron chi connectivity index (χ1n) is 4.61. The predicted octanol–water partition coefficient (Wildman–Crippen LogP) is 2.30. The molecule has 0 aliphatic heterocycles. The second-order valence-corrected chi connectivity index (χ2v) is 4.46. The van der Waals surface area contributed by atoms with Crippen molar-refractivity contribution in [3.63, 3.8) is 0 Å². The second-order valence-electron chi connectivity index (χ2n) is 3.23. The van der Waals surface area contributed by atoms with Crippen molar-refractivity contribution in [3.05, 3.63) is 29.3 Å². The van der Waals surface area contributed by atoms with Gasteiger partial charge in [-0.2, -0.15) is 0 Å². The molecule has 0 saturated heterocycles. The quantitative estimate of drug-likeness (QED) is 0.374. The van der Waals surface area contributed by atoms with E-state index in [1.165, 1.54) is 23.5 Å². The van der Waals surface area contributed by atoms with Gasteiger partial charge in [0.05, 0.1) is 5.69 Å². The number of anilines is 2. The maximum absolute atomic E-state index is 9.50. The van der Waals surface area contributed by atoms with Crippen molar-refractivity contribution in [3.8, 4) is 11.5 Å². The van der Waals surface area contributed by atoms with E-state index in [1.54, 1.807) is 12.3 Å². The third-order valence-electron chi connectivity index (χ3n) is 1.91. The standard InChI is InChI=1S/C10H11N3O2S/c1-6-5-11-10(16-6)13-12-8-3-2-7(14)4-9(8)15/h2-5,12,14-15H,1H3,(H,11,13). The summed E-state index contributed by atoms with van der Waals surface area (Å²) in [5.74, 6) is -0.00563. The Labute approximate surface area is 96.4 Å². The predicted molar refractivity (Wildman–Crippen MR) is 63.9 cm³/mol. The summed E-state index contributed by atoms with van der Waals surface area (Å²) in [6.45, 7) is 1.96. The number of hydrogen-bond donors (Lipinski definition) is 4. The molecule has 0 aliphatic carbocycles. The zero-order valence-electron chi connectivity index (χ0n) is 8.56. The summed E-state index contributed by atoms with van der Waals surface area (Å²) in [7, 11) is 0. The van der Waals surface area contributed by atoms with Crippen molar-refractivity contribution >= 4 is 22.2 Å². The minimum atomic E-state index is -0.0271. The highest BCUT2D eigenvalue weighted by Crippen LogP contribution is 2.27. The summed E-state index contributed by atoms with van der Waals surface area (Å²) in [6, 6.07) is 4.31. The summed E-state index contributed by atoms with van der Waals surface area (Å²) in [4.78, 5) is 5.19. The van der Waals surface area contributed by atoms with Gasteiger partial charge >= 0.3 is 0 Å². The number of phenols is 2. The monoisotopic (exact) mass is 237 g/mol. The molecule has 2 rings (SSSR count).